The fraction of sp³-hybridized carbons (Fsp3) is 0.176. The van der Waals surface area contributed by atoms with Gasteiger partial charge in [0.2, 0.25) is 5.91 Å². The molecular formula is C17H16FN5O. The molecule has 0 atom stereocenters. The fourth-order valence-electron chi connectivity index (χ4n) is 2.43. The third kappa shape index (κ3) is 3.62. The lowest BCUT2D eigenvalue weighted by atomic mass is 10.1. The molecule has 6 nitrogen and oxygen atoms in total. The molecule has 0 saturated carbocycles. The van der Waals surface area contributed by atoms with Crippen molar-refractivity contribution in [1.29, 1.82) is 0 Å². The van der Waals surface area contributed by atoms with Crippen LogP contribution < -0.4 is 5.32 Å². The number of carbonyl (C=O) groups excluding carboxylic acids is 1. The quantitative estimate of drug-likeness (QED) is 0.783. The summed E-state index contributed by atoms with van der Waals surface area (Å²) in [4.78, 5) is 12.1. The van der Waals surface area contributed by atoms with E-state index in [4.69, 9.17) is 0 Å². The molecule has 7 heteroatoms. The number of carbonyl (C=O) groups is 1. The minimum absolute atomic E-state index is 0.159. The van der Waals surface area contributed by atoms with Crippen LogP contribution in [0.4, 0.5) is 10.1 Å². The van der Waals surface area contributed by atoms with Gasteiger partial charge in [-0.3, -0.25) is 4.79 Å². The first-order valence-electron chi connectivity index (χ1n) is 7.51. The molecule has 0 fully saturated rings. The SMILES string of the molecule is Cc1cc(NC(=O)CCc2ccccc2F)ccc1-n1cnnn1. The zero-order valence-corrected chi connectivity index (χ0v) is 13.1. The Labute approximate surface area is 138 Å². The maximum Gasteiger partial charge on any atom is 0.224 e. The van der Waals surface area contributed by atoms with Gasteiger partial charge in [0.05, 0.1) is 5.69 Å². The van der Waals surface area contributed by atoms with Crippen molar-refractivity contribution in [2.75, 3.05) is 5.32 Å². The van der Waals surface area contributed by atoms with Crippen LogP contribution in [0, 0.1) is 12.7 Å². The Kier molecular flexibility index (Phi) is 4.60. The molecule has 2 aromatic carbocycles. The summed E-state index contributed by atoms with van der Waals surface area (Å²) in [5.74, 6) is -0.445. The van der Waals surface area contributed by atoms with Gasteiger partial charge in [0.25, 0.3) is 0 Å². The van der Waals surface area contributed by atoms with Gasteiger partial charge in [0.15, 0.2) is 0 Å². The van der Waals surface area contributed by atoms with E-state index < -0.39 is 0 Å². The van der Waals surface area contributed by atoms with E-state index in [1.165, 1.54) is 12.4 Å². The molecule has 0 radical (unpaired) electrons. The third-order valence-electron chi connectivity index (χ3n) is 3.66. The van der Waals surface area contributed by atoms with E-state index in [1.54, 1.807) is 28.9 Å². The number of aryl methyl sites for hydroxylation is 2. The third-order valence-corrected chi connectivity index (χ3v) is 3.66. The van der Waals surface area contributed by atoms with Crippen molar-refractivity contribution in [3.8, 4) is 5.69 Å². The Balaban J connectivity index is 1.62. The smallest absolute Gasteiger partial charge is 0.224 e. The molecule has 0 aliphatic rings. The normalized spacial score (nSPS) is 10.6. The highest BCUT2D eigenvalue weighted by molar-refractivity contribution is 5.91. The number of anilines is 1. The first kappa shape index (κ1) is 15.8. The number of hydrogen-bond donors (Lipinski definition) is 1. The molecule has 0 saturated heterocycles. The van der Waals surface area contributed by atoms with Crippen molar-refractivity contribution in [3.63, 3.8) is 0 Å². The molecule has 122 valence electrons. The molecule has 1 aromatic heterocycles. The van der Waals surface area contributed by atoms with E-state index in [-0.39, 0.29) is 18.1 Å². The van der Waals surface area contributed by atoms with Gasteiger partial charge >= 0.3 is 0 Å². The van der Waals surface area contributed by atoms with Gasteiger partial charge in [-0.2, -0.15) is 0 Å². The van der Waals surface area contributed by atoms with Crippen molar-refractivity contribution in [2.24, 2.45) is 0 Å². The topological polar surface area (TPSA) is 72.7 Å². The van der Waals surface area contributed by atoms with E-state index in [9.17, 15) is 9.18 Å². The summed E-state index contributed by atoms with van der Waals surface area (Å²) in [6, 6.07) is 11.9. The zero-order valence-electron chi connectivity index (χ0n) is 13.1. The predicted molar refractivity (Wildman–Crippen MR) is 87.2 cm³/mol. The van der Waals surface area contributed by atoms with Gasteiger partial charge in [-0.15, -0.1) is 5.10 Å². The van der Waals surface area contributed by atoms with Crippen LogP contribution in [0.15, 0.2) is 48.8 Å². The summed E-state index contributed by atoms with van der Waals surface area (Å²) < 4.78 is 15.1. The van der Waals surface area contributed by atoms with Crippen LogP contribution in [0.3, 0.4) is 0 Å². The first-order valence-corrected chi connectivity index (χ1v) is 7.51. The number of benzene rings is 2. The second kappa shape index (κ2) is 6.99. The number of amides is 1. The summed E-state index contributed by atoms with van der Waals surface area (Å²) in [7, 11) is 0. The Morgan fingerprint density at radius 3 is 2.79 bits per heavy atom. The van der Waals surface area contributed by atoms with E-state index in [0.717, 1.165) is 11.3 Å². The lowest BCUT2D eigenvalue weighted by Crippen LogP contribution is -2.13. The van der Waals surface area contributed by atoms with E-state index >= 15 is 0 Å². The molecule has 0 aliphatic carbocycles. The monoisotopic (exact) mass is 325 g/mol. The number of halogens is 1. The van der Waals surface area contributed by atoms with Crippen molar-refractivity contribution < 1.29 is 9.18 Å². The molecule has 3 aromatic rings. The number of rotatable bonds is 5. The Hall–Kier alpha value is -3.09. The lowest BCUT2D eigenvalue weighted by molar-refractivity contribution is -0.116. The molecule has 0 aliphatic heterocycles. The molecule has 0 spiro atoms. The van der Waals surface area contributed by atoms with E-state index in [2.05, 4.69) is 20.8 Å². The molecular weight excluding hydrogens is 309 g/mol. The molecule has 3 rings (SSSR count). The molecule has 24 heavy (non-hydrogen) atoms. The highest BCUT2D eigenvalue weighted by Gasteiger charge is 2.08. The average molecular weight is 325 g/mol. The van der Waals surface area contributed by atoms with Crippen molar-refractivity contribution >= 4 is 11.6 Å². The summed E-state index contributed by atoms with van der Waals surface area (Å²) in [5, 5.41) is 13.9. The second-order valence-corrected chi connectivity index (χ2v) is 5.40. The number of nitrogens with zero attached hydrogens (tertiary/aromatic N) is 4. The van der Waals surface area contributed by atoms with Crippen LogP contribution in [0.2, 0.25) is 0 Å². The van der Waals surface area contributed by atoms with Gasteiger partial charge in [-0.05, 0) is 59.2 Å². The van der Waals surface area contributed by atoms with Gasteiger partial charge in [-0.1, -0.05) is 18.2 Å². The maximum atomic E-state index is 13.5. The number of hydrogen-bond acceptors (Lipinski definition) is 4. The van der Waals surface area contributed by atoms with Crippen LogP contribution in [0.5, 0.6) is 0 Å². The van der Waals surface area contributed by atoms with Crippen molar-refractivity contribution in [1.82, 2.24) is 20.2 Å². The Morgan fingerprint density at radius 2 is 2.08 bits per heavy atom. The van der Waals surface area contributed by atoms with E-state index in [1.807, 2.05) is 19.1 Å². The van der Waals surface area contributed by atoms with Crippen LogP contribution >= 0.6 is 0 Å². The van der Waals surface area contributed by atoms with Crippen LogP contribution in [-0.2, 0) is 11.2 Å². The lowest BCUT2D eigenvalue weighted by Gasteiger charge is -2.09. The Bertz CT molecular complexity index is 848. The average Bonchev–Trinajstić information content (AvgIpc) is 3.08. The molecule has 1 N–H and O–H groups in total. The fourth-order valence-corrected chi connectivity index (χ4v) is 2.43. The van der Waals surface area contributed by atoms with Crippen molar-refractivity contribution in [3.05, 3.63) is 65.7 Å². The van der Waals surface area contributed by atoms with Crippen LogP contribution in [-0.4, -0.2) is 26.1 Å². The summed E-state index contributed by atoms with van der Waals surface area (Å²) in [6.07, 6.45) is 2.09. The number of tetrazole rings is 1. The minimum Gasteiger partial charge on any atom is -0.326 e. The minimum atomic E-state index is -0.285. The predicted octanol–water partition coefficient (Wildman–Crippen LogP) is 2.68. The molecule has 0 unspecified atom stereocenters. The van der Waals surface area contributed by atoms with Crippen molar-refractivity contribution in [2.45, 2.75) is 19.8 Å². The highest BCUT2D eigenvalue weighted by Crippen LogP contribution is 2.18. The van der Waals surface area contributed by atoms with Crippen LogP contribution in [0.1, 0.15) is 17.5 Å². The zero-order chi connectivity index (χ0) is 16.9. The summed E-state index contributed by atoms with van der Waals surface area (Å²) >= 11 is 0. The largest absolute Gasteiger partial charge is 0.326 e. The van der Waals surface area contributed by atoms with Gasteiger partial charge in [0.1, 0.15) is 12.1 Å². The summed E-state index contributed by atoms with van der Waals surface area (Å²) in [5.41, 5.74) is 2.99. The number of aromatic nitrogens is 4. The number of nitrogens with one attached hydrogen (secondary N) is 1. The van der Waals surface area contributed by atoms with Gasteiger partial charge in [0, 0.05) is 12.1 Å². The maximum absolute atomic E-state index is 13.5. The first-order chi connectivity index (χ1) is 11.6. The second-order valence-electron chi connectivity index (χ2n) is 5.40. The van der Waals surface area contributed by atoms with Gasteiger partial charge < -0.3 is 5.32 Å². The molecule has 1 heterocycles. The van der Waals surface area contributed by atoms with Gasteiger partial charge in [-0.25, -0.2) is 9.07 Å². The van der Waals surface area contributed by atoms with E-state index in [0.29, 0.717) is 17.7 Å². The molecule has 1 amide bonds. The standard InChI is InChI=1S/C17H16FN5O/c1-12-10-14(7-8-16(12)23-11-19-21-22-23)20-17(24)9-6-13-4-2-3-5-15(13)18/h2-5,7-8,10-11H,6,9H2,1H3,(H,20,24). The Morgan fingerprint density at radius 1 is 1.25 bits per heavy atom. The highest BCUT2D eigenvalue weighted by atomic mass is 19.1. The summed E-state index contributed by atoms with van der Waals surface area (Å²) in [6.45, 7) is 1.91. The molecule has 0 bridgehead atoms. The van der Waals surface area contributed by atoms with Crippen LogP contribution in [0.25, 0.3) is 5.69 Å².